The second-order valence-electron chi connectivity index (χ2n) is 8.15. The van der Waals surface area contributed by atoms with E-state index in [1.165, 1.54) is 37.4 Å². The molecule has 1 saturated heterocycles. The number of rotatable bonds is 9. The van der Waals surface area contributed by atoms with Gasteiger partial charge in [0.25, 0.3) is 5.91 Å². The average Bonchev–Trinajstić information content (AvgIpc) is 3.28. The molecule has 172 valence electrons. The van der Waals surface area contributed by atoms with Crippen molar-refractivity contribution in [1.29, 1.82) is 0 Å². The third-order valence-corrected chi connectivity index (χ3v) is 6.88. The molecule has 2 aliphatic rings. The van der Waals surface area contributed by atoms with E-state index in [1.807, 2.05) is 4.90 Å². The quantitative estimate of drug-likeness (QED) is 0.257. The van der Waals surface area contributed by atoms with E-state index in [4.69, 9.17) is 16.4 Å². The lowest BCUT2D eigenvalue weighted by Gasteiger charge is -2.40. The number of thioether (sulfide) groups is 1. The first-order valence-corrected chi connectivity index (χ1v) is 12.4. The summed E-state index contributed by atoms with van der Waals surface area (Å²) < 4.78 is 0. The number of piperazine rings is 1. The number of nitrogens with one attached hydrogen (secondary N) is 1. The molecule has 2 amide bonds. The van der Waals surface area contributed by atoms with Gasteiger partial charge in [-0.05, 0) is 26.2 Å². The summed E-state index contributed by atoms with van der Waals surface area (Å²) in [6.45, 7) is 6.34. The summed E-state index contributed by atoms with van der Waals surface area (Å²) in [4.78, 5) is 42.3. The normalized spacial score (nSPS) is 19.6. The van der Waals surface area contributed by atoms with Crippen molar-refractivity contribution >= 4 is 41.0 Å². The largest absolute Gasteiger partial charge is 0.353 e. The van der Waals surface area contributed by atoms with Gasteiger partial charge in [-0.1, -0.05) is 49.0 Å². The van der Waals surface area contributed by atoms with Crippen molar-refractivity contribution in [2.75, 3.05) is 36.9 Å². The number of hydrogen-bond donors (Lipinski definition) is 1. The molecule has 1 aliphatic heterocycles. The number of hydrogen-bond acceptors (Lipinski definition) is 7. The van der Waals surface area contributed by atoms with Crippen LogP contribution in [0.5, 0.6) is 0 Å². The number of anilines is 1. The van der Waals surface area contributed by atoms with Gasteiger partial charge in [0.05, 0.1) is 12.4 Å². The van der Waals surface area contributed by atoms with Crippen LogP contribution in [0.1, 0.15) is 52.4 Å². The standard InChI is InChI=1S/C21H32ClN5O3S/c1-3-30-25-19(28)14-31-21-23-17(22)12-18(24-21)26-10-11-27(15(2)13-26)20(29)9-8-16-6-4-5-7-16/h12,15-16H,3-11,13-14H2,1-2H3,(H,25,28). The Morgan fingerprint density at radius 3 is 2.77 bits per heavy atom. The Balaban J connectivity index is 1.53. The molecule has 1 N–H and O–H groups in total. The highest BCUT2D eigenvalue weighted by Gasteiger charge is 2.29. The number of hydroxylamine groups is 1. The fraction of sp³-hybridized carbons (Fsp3) is 0.714. The maximum absolute atomic E-state index is 12.7. The molecule has 1 aliphatic carbocycles. The molecule has 1 unspecified atom stereocenters. The lowest BCUT2D eigenvalue weighted by molar-refractivity contribution is -0.134. The van der Waals surface area contributed by atoms with E-state index in [2.05, 4.69) is 27.3 Å². The minimum absolute atomic E-state index is 0.103. The van der Waals surface area contributed by atoms with E-state index in [1.54, 1.807) is 13.0 Å². The van der Waals surface area contributed by atoms with Crippen molar-refractivity contribution in [3.63, 3.8) is 0 Å². The Kier molecular flexibility index (Phi) is 9.22. The highest BCUT2D eigenvalue weighted by atomic mass is 35.5. The molecule has 31 heavy (non-hydrogen) atoms. The van der Waals surface area contributed by atoms with Crippen LogP contribution in [-0.2, 0) is 14.4 Å². The zero-order chi connectivity index (χ0) is 22.2. The molecular weight excluding hydrogens is 438 g/mol. The average molecular weight is 470 g/mol. The fourth-order valence-electron chi connectivity index (χ4n) is 4.23. The van der Waals surface area contributed by atoms with Gasteiger partial charge >= 0.3 is 0 Å². The summed E-state index contributed by atoms with van der Waals surface area (Å²) in [7, 11) is 0. The third kappa shape index (κ3) is 7.22. The Hall–Kier alpha value is -1.58. The maximum atomic E-state index is 12.7. The zero-order valence-electron chi connectivity index (χ0n) is 18.3. The van der Waals surface area contributed by atoms with Crippen LogP contribution in [0, 0.1) is 5.92 Å². The highest BCUT2D eigenvalue weighted by molar-refractivity contribution is 7.99. The van der Waals surface area contributed by atoms with Crippen molar-refractivity contribution in [3.05, 3.63) is 11.2 Å². The Bertz CT molecular complexity index is 763. The molecule has 0 spiro atoms. The smallest absolute Gasteiger partial charge is 0.254 e. The summed E-state index contributed by atoms with van der Waals surface area (Å²) in [6, 6.07) is 1.84. The van der Waals surface area contributed by atoms with Crippen LogP contribution in [0.2, 0.25) is 5.15 Å². The van der Waals surface area contributed by atoms with Gasteiger partial charge in [-0.15, -0.1) is 0 Å². The van der Waals surface area contributed by atoms with Gasteiger partial charge in [0.1, 0.15) is 11.0 Å². The van der Waals surface area contributed by atoms with Crippen LogP contribution in [0.3, 0.4) is 0 Å². The second kappa shape index (κ2) is 11.9. The van der Waals surface area contributed by atoms with Gasteiger partial charge in [-0.3, -0.25) is 14.4 Å². The summed E-state index contributed by atoms with van der Waals surface area (Å²) in [5.74, 6) is 1.60. The molecule has 1 aromatic rings. The molecule has 0 radical (unpaired) electrons. The minimum Gasteiger partial charge on any atom is -0.353 e. The molecule has 0 aromatic carbocycles. The maximum Gasteiger partial charge on any atom is 0.254 e. The first kappa shape index (κ1) is 24.1. The summed E-state index contributed by atoms with van der Waals surface area (Å²) >= 11 is 7.41. The van der Waals surface area contributed by atoms with Crippen LogP contribution < -0.4 is 10.4 Å². The number of amides is 2. The number of aromatic nitrogens is 2. The fourth-order valence-corrected chi connectivity index (χ4v) is 5.10. The highest BCUT2D eigenvalue weighted by Crippen LogP contribution is 2.29. The predicted octanol–water partition coefficient (Wildman–Crippen LogP) is 3.30. The van der Waals surface area contributed by atoms with Gasteiger partial charge < -0.3 is 9.80 Å². The van der Waals surface area contributed by atoms with Crippen molar-refractivity contribution in [3.8, 4) is 0 Å². The topological polar surface area (TPSA) is 87.7 Å². The third-order valence-electron chi connectivity index (χ3n) is 5.84. The molecule has 0 bridgehead atoms. The van der Waals surface area contributed by atoms with Crippen molar-refractivity contribution in [1.82, 2.24) is 20.3 Å². The first-order chi connectivity index (χ1) is 15.0. The number of carbonyl (C=O) groups is 2. The minimum atomic E-state index is -0.254. The monoisotopic (exact) mass is 469 g/mol. The number of halogens is 1. The summed E-state index contributed by atoms with van der Waals surface area (Å²) in [5.41, 5.74) is 2.35. The molecule has 2 heterocycles. The molecule has 3 rings (SSSR count). The summed E-state index contributed by atoms with van der Waals surface area (Å²) in [6.07, 6.45) is 6.85. The van der Waals surface area contributed by atoms with Gasteiger partial charge in [0.2, 0.25) is 5.91 Å². The first-order valence-electron chi connectivity index (χ1n) is 11.1. The second-order valence-corrected chi connectivity index (χ2v) is 9.48. The van der Waals surface area contributed by atoms with Crippen molar-refractivity contribution in [2.45, 2.75) is 63.6 Å². The number of nitrogens with zero attached hydrogens (tertiary/aromatic N) is 4. The molecule has 2 fully saturated rings. The van der Waals surface area contributed by atoms with E-state index in [0.29, 0.717) is 43.0 Å². The van der Waals surface area contributed by atoms with E-state index in [-0.39, 0.29) is 23.6 Å². The molecule has 1 atom stereocenters. The predicted molar refractivity (Wildman–Crippen MR) is 122 cm³/mol. The Labute approximate surface area is 193 Å². The van der Waals surface area contributed by atoms with Crippen LogP contribution in [-0.4, -0.2) is 64.7 Å². The molecular formula is C21H32ClN5O3S. The van der Waals surface area contributed by atoms with E-state index in [0.717, 1.165) is 18.2 Å². The van der Waals surface area contributed by atoms with Crippen molar-refractivity contribution in [2.24, 2.45) is 5.92 Å². The van der Waals surface area contributed by atoms with Crippen molar-refractivity contribution < 1.29 is 14.4 Å². The SMILES string of the molecule is CCONC(=O)CSc1nc(Cl)cc(N2CCN(C(=O)CCC3CCCC3)C(C)C2)n1. The summed E-state index contributed by atoms with van der Waals surface area (Å²) in [5, 5.41) is 0.775. The van der Waals surface area contributed by atoms with Crippen LogP contribution in [0.25, 0.3) is 0 Å². The van der Waals surface area contributed by atoms with E-state index in [9.17, 15) is 9.59 Å². The number of carbonyl (C=O) groups excluding carboxylic acids is 2. The Morgan fingerprint density at radius 2 is 2.06 bits per heavy atom. The molecule has 8 nitrogen and oxygen atoms in total. The van der Waals surface area contributed by atoms with Gasteiger partial charge in [0, 0.05) is 38.2 Å². The lowest BCUT2D eigenvalue weighted by atomic mass is 10.0. The molecule has 1 aromatic heterocycles. The van der Waals surface area contributed by atoms with Gasteiger partial charge in [-0.25, -0.2) is 15.4 Å². The van der Waals surface area contributed by atoms with Crippen LogP contribution >= 0.6 is 23.4 Å². The lowest BCUT2D eigenvalue weighted by Crippen LogP contribution is -2.54. The van der Waals surface area contributed by atoms with Gasteiger partial charge in [0.15, 0.2) is 5.16 Å². The van der Waals surface area contributed by atoms with E-state index < -0.39 is 0 Å². The van der Waals surface area contributed by atoms with Gasteiger partial charge in [-0.2, -0.15) is 0 Å². The Morgan fingerprint density at radius 1 is 1.29 bits per heavy atom. The zero-order valence-corrected chi connectivity index (χ0v) is 19.9. The van der Waals surface area contributed by atoms with E-state index >= 15 is 0 Å². The van der Waals surface area contributed by atoms with Crippen LogP contribution in [0.4, 0.5) is 5.82 Å². The molecule has 1 saturated carbocycles. The van der Waals surface area contributed by atoms with Crippen LogP contribution in [0.15, 0.2) is 11.2 Å². The molecule has 10 heteroatoms.